The van der Waals surface area contributed by atoms with Gasteiger partial charge in [0, 0.05) is 23.4 Å². The van der Waals surface area contributed by atoms with Crippen molar-refractivity contribution in [1.82, 2.24) is 8.96 Å². The molecule has 1 aliphatic rings. The van der Waals surface area contributed by atoms with Gasteiger partial charge in [0.1, 0.15) is 10.7 Å². The van der Waals surface area contributed by atoms with E-state index in [0.717, 1.165) is 16.8 Å². The molecule has 0 atom stereocenters. The lowest BCUT2D eigenvalue weighted by atomic mass is 10.0. The average molecular weight is 400 g/mol. The van der Waals surface area contributed by atoms with Crippen molar-refractivity contribution in [3.05, 3.63) is 65.7 Å². The number of benzene rings is 1. The van der Waals surface area contributed by atoms with Crippen molar-refractivity contribution in [3.63, 3.8) is 0 Å². The highest BCUT2D eigenvalue weighted by atomic mass is 32.2. The third kappa shape index (κ3) is 2.99. The fraction of sp³-hybridized carbons (Fsp3) is 0.200. The van der Waals surface area contributed by atoms with E-state index in [1.54, 1.807) is 6.07 Å². The molecule has 1 aliphatic carbocycles. The lowest BCUT2D eigenvalue weighted by molar-refractivity contribution is 0.112. The molecule has 0 N–H and O–H groups in total. The number of hydrogen-bond donors (Lipinski definition) is 0. The molecule has 1 fully saturated rings. The van der Waals surface area contributed by atoms with E-state index in [1.807, 2.05) is 0 Å². The van der Waals surface area contributed by atoms with Gasteiger partial charge in [0.05, 0.1) is 19.0 Å². The molecule has 0 aliphatic heterocycles. The van der Waals surface area contributed by atoms with Crippen molar-refractivity contribution in [2.75, 3.05) is 7.11 Å². The summed E-state index contributed by atoms with van der Waals surface area (Å²) in [5.41, 5.74) is 1.16. The minimum atomic E-state index is -4.10. The van der Waals surface area contributed by atoms with E-state index in [9.17, 15) is 17.6 Å². The maximum Gasteiger partial charge on any atom is 0.269 e. The average Bonchev–Trinajstić information content (AvgIpc) is 3.47. The number of methoxy groups -OCH3 is 1. The summed E-state index contributed by atoms with van der Waals surface area (Å²) >= 11 is 0. The zero-order valence-electron chi connectivity index (χ0n) is 15.0. The summed E-state index contributed by atoms with van der Waals surface area (Å²) in [6.07, 6.45) is 4.72. The highest BCUT2D eigenvalue weighted by Crippen LogP contribution is 2.47. The predicted molar refractivity (Wildman–Crippen MR) is 101 cm³/mol. The second-order valence-corrected chi connectivity index (χ2v) is 8.37. The summed E-state index contributed by atoms with van der Waals surface area (Å²) in [5.74, 6) is -0.238. The lowest BCUT2D eigenvalue weighted by Crippen LogP contribution is -2.14. The Labute approximate surface area is 161 Å². The summed E-state index contributed by atoms with van der Waals surface area (Å²) in [7, 11) is -2.68. The number of hydrogen-bond acceptors (Lipinski definition) is 5. The molecule has 4 rings (SSSR count). The van der Waals surface area contributed by atoms with Crippen molar-refractivity contribution < 1.29 is 22.3 Å². The quantitative estimate of drug-likeness (QED) is 0.591. The Morgan fingerprint density at radius 2 is 1.96 bits per heavy atom. The van der Waals surface area contributed by atoms with Crippen molar-refractivity contribution in [1.29, 1.82) is 0 Å². The Morgan fingerprint density at radius 1 is 1.21 bits per heavy atom. The molecular weight excluding hydrogens is 383 g/mol. The van der Waals surface area contributed by atoms with Crippen LogP contribution in [0.4, 0.5) is 4.39 Å². The zero-order valence-corrected chi connectivity index (χ0v) is 15.8. The number of halogens is 1. The van der Waals surface area contributed by atoms with Crippen LogP contribution in [-0.2, 0) is 10.0 Å². The number of carbonyl (C=O) groups is 1. The third-order valence-electron chi connectivity index (χ3n) is 4.76. The topological polar surface area (TPSA) is 78.3 Å². The molecule has 0 radical (unpaired) electrons. The van der Waals surface area contributed by atoms with Gasteiger partial charge in [0.25, 0.3) is 10.0 Å². The van der Waals surface area contributed by atoms with Crippen molar-refractivity contribution in [3.8, 4) is 17.1 Å². The van der Waals surface area contributed by atoms with Crippen LogP contribution >= 0.6 is 0 Å². The van der Waals surface area contributed by atoms with Crippen LogP contribution in [0.25, 0.3) is 11.3 Å². The number of pyridine rings is 1. The molecule has 1 saturated carbocycles. The van der Waals surface area contributed by atoms with Crippen LogP contribution in [0.5, 0.6) is 5.88 Å². The first-order valence-electron chi connectivity index (χ1n) is 8.68. The van der Waals surface area contributed by atoms with Crippen LogP contribution in [0.1, 0.15) is 34.7 Å². The molecule has 28 heavy (non-hydrogen) atoms. The molecule has 0 amide bonds. The molecule has 144 valence electrons. The summed E-state index contributed by atoms with van der Waals surface area (Å²) < 4.78 is 47.2. The van der Waals surface area contributed by atoms with Gasteiger partial charge >= 0.3 is 0 Å². The van der Waals surface area contributed by atoms with Gasteiger partial charge in [0.2, 0.25) is 5.88 Å². The number of ether oxygens (including phenoxy) is 1. The Morgan fingerprint density at radius 3 is 2.54 bits per heavy atom. The normalized spacial score (nSPS) is 14.1. The molecule has 3 aromatic rings. The van der Waals surface area contributed by atoms with Crippen LogP contribution in [0.3, 0.4) is 0 Å². The van der Waals surface area contributed by atoms with E-state index in [0.29, 0.717) is 11.8 Å². The van der Waals surface area contributed by atoms with Crippen molar-refractivity contribution in [2.24, 2.45) is 0 Å². The van der Waals surface area contributed by atoms with E-state index >= 15 is 0 Å². The van der Waals surface area contributed by atoms with Crippen LogP contribution in [0.2, 0.25) is 0 Å². The molecule has 0 saturated heterocycles. The Hall–Kier alpha value is -3.00. The van der Waals surface area contributed by atoms with Gasteiger partial charge in [-0.1, -0.05) is 12.1 Å². The van der Waals surface area contributed by atoms with Gasteiger partial charge in [0.15, 0.2) is 6.29 Å². The van der Waals surface area contributed by atoms with Gasteiger partial charge in [-0.2, -0.15) is 0 Å². The summed E-state index contributed by atoms with van der Waals surface area (Å²) in [5, 5.41) is 0. The van der Waals surface area contributed by atoms with E-state index in [2.05, 4.69) is 4.98 Å². The first-order valence-corrected chi connectivity index (χ1v) is 10.1. The lowest BCUT2D eigenvalue weighted by Gasteiger charge is -2.13. The van der Waals surface area contributed by atoms with E-state index in [4.69, 9.17) is 4.74 Å². The van der Waals surface area contributed by atoms with Crippen LogP contribution in [0.15, 0.2) is 53.7 Å². The molecular formula is C20H17FN2O4S. The highest BCUT2D eigenvalue weighted by molar-refractivity contribution is 7.90. The highest BCUT2D eigenvalue weighted by Gasteiger charge is 2.35. The SMILES string of the molecule is COc1ccc(S(=O)(=O)n2cc(C=O)c(C3CC3)c2-c2ccccc2F)cn1. The Bertz CT molecular complexity index is 1150. The summed E-state index contributed by atoms with van der Waals surface area (Å²) in [6, 6.07) is 8.75. The fourth-order valence-corrected chi connectivity index (χ4v) is 4.61. The molecule has 0 spiro atoms. The van der Waals surface area contributed by atoms with Gasteiger partial charge in [-0.15, -0.1) is 0 Å². The largest absolute Gasteiger partial charge is 0.481 e. The van der Waals surface area contributed by atoms with E-state index < -0.39 is 15.8 Å². The smallest absolute Gasteiger partial charge is 0.269 e. The number of nitrogens with zero attached hydrogens (tertiary/aromatic N) is 2. The van der Waals surface area contributed by atoms with Gasteiger partial charge in [-0.3, -0.25) is 4.79 Å². The maximum absolute atomic E-state index is 14.6. The van der Waals surface area contributed by atoms with Crippen LogP contribution in [-0.4, -0.2) is 30.8 Å². The van der Waals surface area contributed by atoms with Gasteiger partial charge < -0.3 is 4.74 Å². The summed E-state index contributed by atoms with van der Waals surface area (Å²) in [4.78, 5) is 15.5. The number of aldehydes is 1. The minimum Gasteiger partial charge on any atom is -0.481 e. The zero-order chi connectivity index (χ0) is 19.9. The number of rotatable bonds is 6. The minimum absolute atomic E-state index is 0.0419. The Balaban J connectivity index is 1.98. The van der Waals surface area contributed by atoms with Gasteiger partial charge in [-0.05, 0) is 42.5 Å². The second-order valence-electron chi connectivity index (χ2n) is 6.56. The molecule has 2 aromatic heterocycles. The molecule has 0 bridgehead atoms. The van der Waals surface area contributed by atoms with Crippen molar-refractivity contribution in [2.45, 2.75) is 23.7 Å². The van der Waals surface area contributed by atoms with E-state index in [-0.39, 0.29) is 33.5 Å². The van der Waals surface area contributed by atoms with Crippen molar-refractivity contribution >= 4 is 16.3 Å². The monoisotopic (exact) mass is 400 g/mol. The predicted octanol–water partition coefficient (Wildman–Crippen LogP) is 3.62. The molecule has 0 unspecified atom stereocenters. The van der Waals surface area contributed by atoms with Crippen LogP contribution < -0.4 is 4.74 Å². The standard InChI is InChI=1S/C20H17FN2O4S/c1-27-18-9-8-15(10-22-18)28(25,26)23-11-14(12-24)19(13-6-7-13)20(23)16-4-2-3-5-17(16)21/h2-5,8-13H,6-7H2,1H3. The van der Waals surface area contributed by atoms with E-state index in [1.165, 1.54) is 49.8 Å². The Kier molecular flexibility index (Phi) is 4.50. The summed E-state index contributed by atoms with van der Waals surface area (Å²) in [6.45, 7) is 0. The fourth-order valence-electron chi connectivity index (χ4n) is 3.27. The maximum atomic E-state index is 14.6. The third-order valence-corrected chi connectivity index (χ3v) is 6.40. The number of aromatic nitrogens is 2. The molecule has 8 heteroatoms. The van der Waals surface area contributed by atoms with Crippen LogP contribution in [0, 0.1) is 5.82 Å². The molecule has 1 aromatic carbocycles. The molecule has 6 nitrogen and oxygen atoms in total. The number of carbonyl (C=O) groups excluding carboxylic acids is 1. The first-order chi connectivity index (χ1) is 13.5. The first kappa shape index (κ1) is 18.4. The molecule has 2 heterocycles. The second kappa shape index (κ2) is 6.87. The van der Waals surface area contributed by atoms with Gasteiger partial charge in [-0.25, -0.2) is 21.8 Å².